The van der Waals surface area contributed by atoms with E-state index in [1.54, 1.807) is 31.4 Å². The van der Waals surface area contributed by atoms with Crippen LogP contribution >= 0.6 is 15.9 Å². The first-order valence-corrected chi connectivity index (χ1v) is 6.92. The Kier molecular flexibility index (Phi) is 4.91. The number of halogens is 1. The van der Waals surface area contributed by atoms with E-state index >= 15 is 0 Å². The lowest BCUT2D eigenvalue weighted by Crippen LogP contribution is -2.30. The highest BCUT2D eigenvalue weighted by Crippen LogP contribution is 2.18. The Bertz CT molecular complexity index is 447. The molecule has 0 aliphatic heterocycles. The molecule has 0 aliphatic rings. The van der Waals surface area contributed by atoms with Gasteiger partial charge in [-0.25, -0.2) is 8.42 Å². The number of benzene rings is 1. The van der Waals surface area contributed by atoms with Crippen molar-refractivity contribution in [2.24, 2.45) is 0 Å². The summed E-state index contributed by atoms with van der Waals surface area (Å²) >= 11 is 3.25. The van der Waals surface area contributed by atoms with Crippen molar-refractivity contribution in [1.82, 2.24) is 4.31 Å². The Hall–Kier alpha value is -0.430. The predicted molar refractivity (Wildman–Crippen MR) is 65.8 cm³/mol. The van der Waals surface area contributed by atoms with Gasteiger partial charge in [-0.3, -0.25) is 0 Å². The van der Waals surface area contributed by atoms with Crippen LogP contribution < -0.4 is 0 Å². The second kappa shape index (κ2) is 5.77. The molecule has 6 heteroatoms. The van der Waals surface area contributed by atoms with E-state index in [0.29, 0.717) is 13.2 Å². The maximum atomic E-state index is 12.0. The van der Waals surface area contributed by atoms with Crippen molar-refractivity contribution >= 4 is 26.0 Å². The Morgan fingerprint density at radius 1 is 1.44 bits per heavy atom. The number of likely N-dealkylation sites (N-methyl/N-ethyl adjacent to an activating group) is 1. The molecule has 4 nitrogen and oxygen atoms in total. The zero-order valence-electron chi connectivity index (χ0n) is 9.18. The molecule has 16 heavy (non-hydrogen) atoms. The van der Waals surface area contributed by atoms with Crippen molar-refractivity contribution in [3.05, 3.63) is 28.7 Å². The smallest absolute Gasteiger partial charge is 0.242 e. The molecular weight excluding hydrogens is 294 g/mol. The van der Waals surface area contributed by atoms with Crippen LogP contribution in [0.25, 0.3) is 0 Å². The summed E-state index contributed by atoms with van der Waals surface area (Å²) in [6.45, 7) is 0.717. The second-order valence-corrected chi connectivity index (χ2v) is 6.24. The molecule has 1 aromatic carbocycles. The molecule has 0 spiro atoms. The molecule has 0 radical (unpaired) electrons. The lowest BCUT2D eigenvalue weighted by Gasteiger charge is -2.16. The van der Waals surface area contributed by atoms with Gasteiger partial charge in [0, 0.05) is 25.2 Å². The van der Waals surface area contributed by atoms with E-state index in [1.165, 1.54) is 11.4 Å². The summed E-state index contributed by atoms with van der Waals surface area (Å²) in [5.41, 5.74) is 0. The van der Waals surface area contributed by atoms with Crippen LogP contribution in [-0.4, -0.2) is 40.0 Å². The fourth-order valence-electron chi connectivity index (χ4n) is 1.15. The quantitative estimate of drug-likeness (QED) is 0.832. The maximum absolute atomic E-state index is 12.0. The third-order valence-corrected chi connectivity index (χ3v) is 4.46. The van der Waals surface area contributed by atoms with Crippen LogP contribution in [0.1, 0.15) is 0 Å². The standard InChI is InChI=1S/C10H14BrNO3S/c1-12(6-7-15-2)16(13,14)10-5-3-4-9(11)8-10/h3-5,8H,6-7H2,1-2H3. The Morgan fingerprint density at radius 3 is 2.69 bits per heavy atom. The van der Waals surface area contributed by atoms with E-state index in [4.69, 9.17) is 4.74 Å². The third kappa shape index (κ3) is 3.28. The molecule has 0 fully saturated rings. The molecule has 0 saturated carbocycles. The maximum Gasteiger partial charge on any atom is 0.242 e. The highest BCUT2D eigenvalue weighted by Gasteiger charge is 2.20. The highest BCUT2D eigenvalue weighted by atomic mass is 79.9. The third-order valence-electron chi connectivity index (χ3n) is 2.11. The van der Waals surface area contributed by atoms with E-state index < -0.39 is 10.0 Å². The van der Waals surface area contributed by atoms with Crippen molar-refractivity contribution in [3.8, 4) is 0 Å². The molecule has 0 heterocycles. The molecule has 0 saturated heterocycles. The van der Waals surface area contributed by atoms with Crippen molar-refractivity contribution in [1.29, 1.82) is 0 Å². The van der Waals surface area contributed by atoms with Gasteiger partial charge < -0.3 is 4.74 Å². The van der Waals surface area contributed by atoms with Gasteiger partial charge in [-0.1, -0.05) is 22.0 Å². The van der Waals surface area contributed by atoms with Gasteiger partial charge in [0.15, 0.2) is 0 Å². The van der Waals surface area contributed by atoms with E-state index in [9.17, 15) is 8.42 Å². The monoisotopic (exact) mass is 307 g/mol. The Balaban J connectivity index is 2.93. The van der Waals surface area contributed by atoms with Crippen molar-refractivity contribution in [2.45, 2.75) is 4.90 Å². The summed E-state index contributed by atoms with van der Waals surface area (Å²) in [4.78, 5) is 0.278. The minimum atomic E-state index is -3.41. The van der Waals surface area contributed by atoms with E-state index in [2.05, 4.69) is 15.9 Å². The minimum absolute atomic E-state index is 0.278. The van der Waals surface area contributed by atoms with Crippen LogP contribution in [0.5, 0.6) is 0 Å². The molecule has 0 bridgehead atoms. The predicted octanol–water partition coefficient (Wildman–Crippen LogP) is 1.72. The van der Waals surface area contributed by atoms with Crippen LogP contribution in [0.15, 0.2) is 33.6 Å². The van der Waals surface area contributed by atoms with E-state index in [0.717, 1.165) is 4.47 Å². The first kappa shape index (κ1) is 13.6. The molecule has 0 aliphatic carbocycles. The lowest BCUT2D eigenvalue weighted by molar-refractivity contribution is 0.185. The molecular formula is C10H14BrNO3S. The first-order chi connectivity index (χ1) is 7.48. The molecule has 0 N–H and O–H groups in total. The van der Waals surface area contributed by atoms with Gasteiger partial charge in [0.05, 0.1) is 11.5 Å². The summed E-state index contributed by atoms with van der Waals surface area (Å²) in [6.07, 6.45) is 0. The summed E-state index contributed by atoms with van der Waals surface area (Å²) in [6, 6.07) is 6.64. The molecule has 90 valence electrons. The van der Waals surface area contributed by atoms with Crippen LogP contribution in [0.4, 0.5) is 0 Å². The van der Waals surface area contributed by atoms with Crippen LogP contribution in [0.2, 0.25) is 0 Å². The fraction of sp³-hybridized carbons (Fsp3) is 0.400. The summed E-state index contributed by atoms with van der Waals surface area (Å²) < 4.78 is 31.0. The normalized spacial score (nSPS) is 12.0. The van der Waals surface area contributed by atoms with Crippen LogP contribution in [0, 0.1) is 0 Å². The molecule has 0 amide bonds. The van der Waals surface area contributed by atoms with E-state index in [1.807, 2.05) is 0 Å². The SMILES string of the molecule is COCCN(C)S(=O)(=O)c1cccc(Br)c1. The number of hydrogen-bond acceptors (Lipinski definition) is 3. The number of nitrogens with zero attached hydrogens (tertiary/aromatic N) is 1. The second-order valence-electron chi connectivity index (χ2n) is 3.28. The Labute approximate surface area is 104 Å². The van der Waals surface area contributed by atoms with Gasteiger partial charge in [-0.2, -0.15) is 4.31 Å². The molecule has 0 unspecified atom stereocenters. The zero-order chi connectivity index (χ0) is 12.2. The zero-order valence-corrected chi connectivity index (χ0v) is 11.6. The first-order valence-electron chi connectivity index (χ1n) is 4.69. The molecule has 0 atom stereocenters. The summed E-state index contributed by atoms with van der Waals surface area (Å²) in [5.74, 6) is 0. The van der Waals surface area contributed by atoms with Gasteiger partial charge in [0.25, 0.3) is 0 Å². The lowest BCUT2D eigenvalue weighted by atomic mass is 10.4. The number of methoxy groups -OCH3 is 1. The number of rotatable bonds is 5. The average molecular weight is 308 g/mol. The topological polar surface area (TPSA) is 46.6 Å². The van der Waals surface area contributed by atoms with Gasteiger partial charge in [0.2, 0.25) is 10.0 Å². The molecule has 0 aromatic heterocycles. The summed E-state index contributed by atoms with van der Waals surface area (Å²) in [5, 5.41) is 0. The van der Waals surface area contributed by atoms with Crippen LogP contribution in [0.3, 0.4) is 0 Å². The number of sulfonamides is 1. The fourth-order valence-corrected chi connectivity index (χ4v) is 2.90. The van der Waals surface area contributed by atoms with E-state index in [-0.39, 0.29) is 4.90 Å². The van der Waals surface area contributed by atoms with Gasteiger partial charge in [0.1, 0.15) is 0 Å². The summed E-state index contributed by atoms with van der Waals surface area (Å²) in [7, 11) is -0.332. The molecule has 1 rings (SSSR count). The van der Waals surface area contributed by atoms with Crippen molar-refractivity contribution in [2.75, 3.05) is 27.3 Å². The highest BCUT2D eigenvalue weighted by molar-refractivity contribution is 9.10. The largest absolute Gasteiger partial charge is 0.383 e. The van der Waals surface area contributed by atoms with Gasteiger partial charge in [-0.05, 0) is 18.2 Å². The number of hydrogen-bond donors (Lipinski definition) is 0. The Morgan fingerprint density at radius 2 is 2.12 bits per heavy atom. The van der Waals surface area contributed by atoms with Gasteiger partial charge in [-0.15, -0.1) is 0 Å². The minimum Gasteiger partial charge on any atom is -0.383 e. The molecule has 1 aromatic rings. The van der Waals surface area contributed by atoms with Crippen molar-refractivity contribution in [3.63, 3.8) is 0 Å². The van der Waals surface area contributed by atoms with Crippen LogP contribution in [-0.2, 0) is 14.8 Å². The average Bonchev–Trinajstić information content (AvgIpc) is 2.25. The number of ether oxygens (including phenoxy) is 1. The van der Waals surface area contributed by atoms with Gasteiger partial charge >= 0.3 is 0 Å². The van der Waals surface area contributed by atoms with Crippen molar-refractivity contribution < 1.29 is 13.2 Å².